The molecule has 1 heterocycles. The van der Waals surface area contributed by atoms with Crippen LogP contribution in [0.15, 0.2) is 53.1 Å². The number of anilines is 2. The van der Waals surface area contributed by atoms with Crippen molar-refractivity contribution in [3.05, 3.63) is 69.1 Å². The Morgan fingerprint density at radius 3 is 2.48 bits per heavy atom. The largest absolute Gasteiger partial charge is 0.495 e. The van der Waals surface area contributed by atoms with E-state index >= 15 is 0 Å². The fraction of sp³-hybridized carbons (Fsp3) is 0.273. The number of nitrogens with one attached hydrogen (secondary N) is 2. The van der Waals surface area contributed by atoms with E-state index < -0.39 is 0 Å². The molecule has 5 nitrogen and oxygen atoms in total. The van der Waals surface area contributed by atoms with E-state index in [4.69, 9.17) is 4.74 Å². The molecule has 0 radical (unpaired) electrons. The third-order valence-electron chi connectivity index (χ3n) is 4.41. The van der Waals surface area contributed by atoms with Crippen LogP contribution in [-0.4, -0.2) is 18.0 Å². The van der Waals surface area contributed by atoms with Crippen molar-refractivity contribution in [2.75, 3.05) is 12.4 Å². The van der Waals surface area contributed by atoms with E-state index in [0.29, 0.717) is 26.9 Å². The molecule has 0 unspecified atom stereocenters. The van der Waals surface area contributed by atoms with Gasteiger partial charge in [0, 0.05) is 6.54 Å². The minimum atomic E-state index is -0.164. The van der Waals surface area contributed by atoms with Crippen molar-refractivity contribution in [3.63, 3.8) is 0 Å². The topological polar surface area (TPSA) is 63.2 Å². The second-order valence-electron chi connectivity index (χ2n) is 7.59. The van der Waals surface area contributed by atoms with E-state index in [1.807, 2.05) is 24.3 Å². The van der Waals surface area contributed by atoms with Crippen LogP contribution in [0, 0.1) is 0 Å². The van der Waals surface area contributed by atoms with E-state index in [-0.39, 0.29) is 11.3 Å². The molecule has 0 spiro atoms. The molecule has 0 fully saturated rings. The molecule has 0 aliphatic heterocycles. The number of methoxy groups -OCH3 is 1. The number of thiazole rings is 1. The standard InChI is InChI=1S/C22H24BrN3O2S/c1-22(2,3)15-11-9-14(10-12-15)13-24-20(27)18-19(23)26-21(29-18)25-16-7-5-6-8-17(16)28-4/h5-12H,13H2,1-4H3,(H,24,27)(H,25,26). The molecule has 3 aromatic rings. The van der Waals surface area contributed by atoms with Crippen LogP contribution in [0.25, 0.3) is 0 Å². The first-order valence-corrected chi connectivity index (χ1v) is 10.8. The van der Waals surface area contributed by atoms with Crippen molar-refractivity contribution in [1.29, 1.82) is 0 Å². The third kappa shape index (κ3) is 5.36. The van der Waals surface area contributed by atoms with Gasteiger partial charge in [0.15, 0.2) is 5.13 Å². The van der Waals surface area contributed by atoms with Gasteiger partial charge >= 0.3 is 0 Å². The summed E-state index contributed by atoms with van der Waals surface area (Å²) in [6, 6.07) is 15.9. The first-order valence-electron chi connectivity index (χ1n) is 9.22. The molecule has 0 aliphatic carbocycles. The van der Waals surface area contributed by atoms with Crippen LogP contribution >= 0.6 is 27.3 Å². The summed E-state index contributed by atoms with van der Waals surface area (Å²) in [5, 5.41) is 6.78. The summed E-state index contributed by atoms with van der Waals surface area (Å²) in [6.45, 7) is 7.01. The smallest absolute Gasteiger partial charge is 0.264 e. The number of nitrogens with zero attached hydrogens (tertiary/aromatic N) is 1. The van der Waals surface area contributed by atoms with Crippen LogP contribution in [0.5, 0.6) is 5.75 Å². The lowest BCUT2D eigenvalue weighted by Gasteiger charge is -2.19. The van der Waals surface area contributed by atoms with Gasteiger partial charge in [0.1, 0.15) is 15.2 Å². The van der Waals surface area contributed by atoms with Gasteiger partial charge in [-0.3, -0.25) is 4.79 Å². The van der Waals surface area contributed by atoms with Crippen LogP contribution in [0.3, 0.4) is 0 Å². The Labute approximate surface area is 183 Å². The lowest BCUT2D eigenvalue weighted by Crippen LogP contribution is -2.22. The number of carbonyl (C=O) groups excluding carboxylic acids is 1. The van der Waals surface area contributed by atoms with Crippen molar-refractivity contribution in [1.82, 2.24) is 10.3 Å². The second-order valence-corrected chi connectivity index (χ2v) is 9.34. The first-order chi connectivity index (χ1) is 13.8. The fourth-order valence-electron chi connectivity index (χ4n) is 2.74. The zero-order valence-electron chi connectivity index (χ0n) is 16.9. The number of hydrogen-bond donors (Lipinski definition) is 2. The van der Waals surface area contributed by atoms with Crippen molar-refractivity contribution < 1.29 is 9.53 Å². The molecule has 0 saturated carbocycles. The van der Waals surface area contributed by atoms with Crippen LogP contribution < -0.4 is 15.4 Å². The highest BCUT2D eigenvalue weighted by molar-refractivity contribution is 9.10. The van der Waals surface area contributed by atoms with Crippen LogP contribution in [0.1, 0.15) is 41.6 Å². The minimum absolute atomic E-state index is 0.111. The quantitative estimate of drug-likeness (QED) is 0.468. The van der Waals surface area contributed by atoms with Crippen molar-refractivity contribution in [3.8, 4) is 5.75 Å². The van der Waals surface area contributed by atoms with Gasteiger partial charge in [-0.25, -0.2) is 4.98 Å². The summed E-state index contributed by atoms with van der Waals surface area (Å²) in [4.78, 5) is 17.6. The van der Waals surface area contributed by atoms with E-state index in [1.165, 1.54) is 16.9 Å². The number of para-hydroxylation sites is 2. The van der Waals surface area contributed by atoms with E-state index in [9.17, 15) is 4.79 Å². The van der Waals surface area contributed by atoms with Gasteiger partial charge < -0.3 is 15.4 Å². The lowest BCUT2D eigenvalue weighted by atomic mass is 9.87. The number of carbonyl (C=O) groups is 1. The average molecular weight is 474 g/mol. The molecule has 2 N–H and O–H groups in total. The molecule has 3 rings (SSSR count). The van der Waals surface area contributed by atoms with Gasteiger partial charge in [-0.2, -0.15) is 0 Å². The summed E-state index contributed by atoms with van der Waals surface area (Å²) in [6.07, 6.45) is 0. The number of amides is 1. The Bertz CT molecular complexity index is 994. The predicted octanol–water partition coefficient (Wildman–Crippen LogP) is 5.89. The number of hydrogen-bond acceptors (Lipinski definition) is 5. The second kappa shape index (κ2) is 8.97. The average Bonchev–Trinajstić information content (AvgIpc) is 3.06. The maximum atomic E-state index is 12.6. The number of aromatic nitrogens is 1. The Morgan fingerprint density at radius 1 is 1.14 bits per heavy atom. The van der Waals surface area contributed by atoms with Crippen LogP contribution in [0.2, 0.25) is 0 Å². The van der Waals surface area contributed by atoms with Gasteiger partial charge in [-0.1, -0.05) is 68.5 Å². The Hall–Kier alpha value is -2.38. The summed E-state index contributed by atoms with van der Waals surface area (Å²) < 4.78 is 5.86. The van der Waals surface area contributed by atoms with E-state index in [1.54, 1.807) is 7.11 Å². The van der Waals surface area contributed by atoms with E-state index in [2.05, 4.69) is 76.6 Å². The summed E-state index contributed by atoms with van der Waals surface area (Å²) in [5.74, 6) is 0.547. The Balaban J connectivity index is 1.66. The van der Waals surface area contributed by atoms with Crippen molar-refractivity contribution in [2.45, 2.75) is 32.7 Å². The highest BCUT2D eigenvalue weighted by atomic mass is 79.9. The normalized spacial score (nSPS) is 11.2. The fourth-order valence-corrected chi connectivity index (χ4v) is 4.25. The molecule has 152 valence electrons. The molecule has 1 amide bonds. The van der Waals surface area contributed by atoms with Gasteiger partial charge in [-0.15, -0.1) is 0 Å². The maximum absolute atomic E-state index is 12.6. The first kappa shape index (κ1) is 21.3. The Morgan fingerprint density at radius 2 is 1.83 bits per heavy atom. The molecule has 0 aliphatic rings. The zero-order valence-corrected chi connectivity index (χ0v) is 19.3. The minimum Gasteiger partial charge on any atom is -0.495 e. The number of rotatable bonds is 6. The molecule has 1 aromatic heterocycles. The summed E-state index contributed by atoms with van der Waals surface area (Å²) in [7, 11) is 1.62. The summed E-state index contributed by atoms with van der Waals surface area (Å²) in [5.41, 5.74) is 3.23. The van der Waals surface area contributed by atoms with Crippen LogP contribution in [-0.2, 0) is 12.0 Å². The highest BCUT2D eigenvalue weighted by Gasteiger charge is 2.18. The predicted molar refractivity (Wildman–Crippen MR) is 122 cm³/mol. The number of benzene rings is 2. The molecule has 7 heteroatoms. The monoisotopic (exact) mass is 473 g/mol. The highest BCUT2D eigenvalue weighted by Crippen LogP contribution is 2.32. The molecular weight excluding hydrogens is 450 g/mol. The van der Waals surface area contributed by atoms with Gasteiger partial charge in [0.25, 0.3) is 5.91 Å². The molecule has 0 saturated heterocycles. The van der Waals surface area contributed by atoms with Gasteiger partial charge in [-0.05, 0) is 44.6 Å². The maximum Gasteiger partial charge on any atom is 0.264 e. The molecular formula is C22H24BrN3O2S. The lowest BCUT2D eigenvalue weighted by molar-refractivity contribution is 0.0954. The number of halogens is 1. The SMILES string of the molecule is COc1ccccc1Nc1nc(Br)c(C(=O)NCc2ccc(C(C)(C)C)cc2)s1. The van der Waals surface area contributed by atoms with Crippen molar-refractivity contribution >= 4 is 44.0 Å². The molecule has 29 heavy (non-hydrogen) atoms. The van der Waals surface area contributed by atoms with Gasteiger partial charge in [0.05, 0.1) is 12.8 Å². The van der Waals surface area contributed by atoms with Crippen molar-refractivity contribution in [2.24, 2.45) is 0 Å². The van der Waals surface area contributed by atoms with E-state index in [0.717, 1.165) is 11.3 Å². The Kier molecular flexibility index (Phi) is 6.59. The third-order valence-corrected chi connectivity index (χ3v) is 6.22. The molecule has 2 aromatic carbocycles. The van der Waals surface area contributed by atoms with Crippen LogP contribution in [0.4, 0.5) is 10.8 Å². The summed E-state index contributed by atoms with van der Waals surface area (Å²) >= 11 is 4.68. The zero-order chi connectivity index (χ0) is 21.0. The van der Waals surface area contributed by atoms with Gasteiger partial charge in [0.2, 0.25) is 0 Å². The molecule has 0 bridgehead atoms. The molecule has 0 atom stereocenters. The number of ether oxygens (including phenoxy) is 1.